The topological polar surface area (TPSA) is 110 Å². The molecule has 218 valence electrons. The van der Waals surface area contributed by atoms with E-state index in [0.29, 0.717) is 23.6 Å². The highest BCUT2D eigenvalue weighted by Crippen LogP contribution is 2.46. The van der Waals surface area contributed by atoms with Gasteiger partial charge in [-0.25, -0.2) is 8.42 Å². The van der Waals surface area contributed by atoms with Gasteiger partial charge in [-0.15, -0.1) is 0 Å². The van der Waals surface area contributed by atoms with Crippen LogP contribution < -0.4 is 10.0 Å². The average molecular weight is 598 g/mol. The van der Waals surface area contributed by atoms with E-state index < -0.39 is 45.5 Å². The first-order valence-corrected chi connectivity index (χ1v) is 15.9. The van der Waals surface area contributed by atoms with Crippen molar-refractivity contribution < 1.29 is 22.7 Å². The molecule has 3 aliphatic rings. The number of halogens is 1. The van der Waals surface area contributed by atoms with Crippen molar-refractivity contribution in [2.24, 2.45) is 11.7 Å². The molecule has 2 amide bonds. The summed E-state index contributed by atoms with van der Waals surface area (Å²) in [6.07, 6.45) is 4.46. The van der Waals surface area contributed by atoms with Gasteiger partial charge in [0, 0.05) is 5.02 Å². The Labute approximate surface area is 246 Å². The van der Waals surface area contributed by atoms with E-state index in [2.05, 4.69) is 6.58 Å². The maximum absolute atomic E-state index is 14.3. The third-order valence-corrected chi connectivity index (χ3v) is 10.6. The van der Waals surface area contributed by atoms with Crippen LogP contribution in [0.1, 0.15) is 50.6 Å². The van der Waals surface area contributed by atoms with Crippen molar-refractivity contribution in [3.8, 4) is 0 Å². The second kappa shape index (κ2) is 12.0. The molecule has 10 heteroatoms. The standard InChI is InChI=1S/C31H36ClN3O5S/c1-3-20(4-2)30-29(22-12-14-23(32)15-13-22)35(31(37)27(40-30)18-28(33)36)26(21-10-11-21)19-34(24-8-6-5-7-9-24)41(38,39)25-16-17-25/h3-9,12-15,21,25-27,29-30H,1,10-11,16-19H2,2H3,(H2,33,36)/b20-4+/t26-,27-,29-,30-/m1/s1. The van der Waals surface area contributed by atoms with Crippen molar-refractivity contribution >= 4 is 39.1 Å². The molecule has 8 nitrogen and oxygen atoms in total. The van der Waals surface area contributed by atoms with E-state index in [1.807, 2.05) is 43.3 Å². The summed E-state index contributed by atoms with van der Waals surface area (Å²) in [7, 11) is -3.65. The molecule has 2 aromatic carbocycles. The molecule has 2 N–H and O–H groups in total. The van der Waals surface area contributed by atoms with Crippen molar-refractivity contribution in [1.82, 2.24) is 4.90 Å². The number of ether oxygens (including phenoxy) is 1. The first-order chi connectivity index (χ1) is 19.6. The molecular weight excluding hydrogens is 562 g/mol. The summed E-state index contributed by atoms with van der Waals surface area (Å²) in [5, 5.41) is 0.117. The molecule has 5 rings (SSSR count). The zero-order valence-corrected chi connectivity index (χ0v) is 24.6. The Kier molecular flexibility index (Phi) is 8.59. The number of amides is 2. The monoisotopic (exact) mass is 597 g/mol. The first kappa shape index (κ1) is 29.4. The fraction of sp³-hybridized carbons (Fsp3) is 0.419. The van der Waals surface area contributed by atoms with E-state index in [0.717, 1.165) is 24.0 Å². The summed E-state index contributed by atoms with van der Waals surface area (Å²) >= 11 is 6.23. The Morgan fingerprint density at radius 2 is 1.80 bits per heavy atom. The number of para-hydroxylation sites is 1. The summed E-state index contributed by atoms with van der Waals surface area (Å²) < 4.78 is 35.4. The number of carbonyl (C=O) groups excluding carboxylic acids is 2. The lowest BCUT2D eigenvalue weighted by Crippen LogP contribution is -2.61. The minimum Gasteiger partial charge on any atom is -0.370 e. The SMILES string of the molecule is C=C/C(=C\C)[C@H]1O[C@H](CC(N)=O)C(=O)N([C@H](CN(c2ccccc2)S(=O)(=O)C2CC2)C2CC2)[C@@H]1c1ccc(Cl)cc1. The predicted octanol–water partition coefficient (Wildman–Crippen LogP) is 4.76. The quantitative estimate of drug-likeness (QED) is 0.355. The Morgan fingerprint density at radius 1 is 1.15 bits per heavy atom. The number of primary amides is 1. The third-order valence-electron chi connectivity index (χ3n) is 8.10. The van der Waals surface area contributed by atoms with Gasteiger partial charge in [0.15, 0.2) is 0 Å². The Morgan fingerprint density at radius 3 is 2.34 bits per heavy atom. The minimum absolute atomic E-state index is 0.0835. The largest absolute Gasteiger partial charge is 0.370 e. The second-order valence-corrected chi connectivity index (χ2v) is 13.5. The van der Waals surface area contributed by atoms with Gasteiger partial charge in [0.1, 0.15) is 12.2 Å². The van der Waals surface area contributed by atoms with Crippen molar-refractivity contribution in [3.63, 3.8) is 0 Å². The van der Waals surface area contributed by atoms with E-state index in [9.17, 15) is 18.0 Å². The molecule has 0 radical (unpaired) electrons. The molecule has 2 aromatic rings. The molecule has 3 fully saturated rings. The highest BCUT2D eigenvalue weighted by atomic mass is 35.5. The maximum Gasteiger partial charge on any atom is 0.253 e. The number of allylic oxidation sites excluding steroid dienone is 1. The van der Waals surface area contributed by atoms with Crippen LogP contribution in [0.3, 0.4) is 0 Å². The van der Waals surface area contributed by atoms with Gasteiger partial charge in [-0.2, -0.15) is 0 Å². The number of hydrogen-bond acceptors (Lipinski definition) is 5. The summed E-state index contributed by atoms with van der Waals surface area (Å²) in [4.78, 5) is 28.1. The lowest BCUT2D eigenvalue weighted by Gasteiger charge is -2.49. The molecule has 2 saturated carbocycles. The fourth-order valence-corrected chi connectivity index (χ4v) is 7.71. The molecule has 0 unspecified atom stereocenters. The van der Waals surface area contributed by atoms with Gasteiger partial charge in [-0.05, 0) is 73.9 Å². The number of morpholine rings is 1. The molecule has 0 spiro atoms. The molecule has 0 aromatic heterocycles. The Balaban J connectivity index is 1.64. The summed E-state index contributed by atoms with van der Waals surface area (Å²) in [5.41, 5.74) is 7.66. The van der Waals surface area contributed by atoms with Crippen LogP contribution in [-0.4, -0.2) is 55.2 Å². The van der Waals surface area contributed by atoms with Crippen LogP contribution in [0.2, 0.25) is 5.02 Å². The summed E-state index contributed by atoms with van der Waals surface area (Å²) in [5.74, 6) is -0.953. The van der Waals surface area contributed by atoms with Crippen LogP contribution in [0.25, 0.3) is 0 Å². The summed E-state index contributed by atoms with van der Waals surface area (Å²) in [6.45, 7) is 5.92. The lowest BCUT2D eigenvalue weighted by molar-refractivity contribution is -0.175. The third kappa shape index (κ3) is 6.22. The number of nitrogens with two attached hydrogens (primary N) is 1. The van der Waals surface area contributed by atoms with E-state index in [1.54, 1.807) is 35.2 Å². The maximum atomic E-state index is 14.3. The van der Waals surface area contributed by atoms with Crippen LogP contribution in [0, 0.1) is 5.92 Å². The van der Waals surface area contributed by atoms with E-state index in [-0.39, 0.29) is 24.8 Å². The van der Waals surface area contributed by atoms with E-state index in [4.69, 9.17) is 22.1 Å². The Hall–Kier alpha value is -3.14. The van der Waals surface area contributed by atoms with Gasteiger partial charge < -0.3 is 15.4 Å². The fourth-order valence-electron chi connectivity index (χ4n) is 5.71. The molecule has 1 heterocycles. The normalized spacial score (nSPS) is 24.1. The number of anilines is 1. The van der Waals surface area contributed by atoms with Gasteiger partial charge in [0.05, 0.1) is 36.0 Å². The summed E-state index contributed by atoms with van der Waals surface area (Å²) in [6, 6.07) is 15.2. The van der Waals surface area contributed by atoms with Crippen molar-refractivity contribution in [1.29, 1.82) is 0 Å². The van der Waals surface area contributed by atoms with Gasteiger partial charge in [-0.1, -0.05) is 60.7 Å². The molecule has 41 heavy (non-hydrogen) atoms. The molecular formula is C31H36ClN3O5S. The van der Waals surface area contributed by atoms with E-state index >= 15 is 0 Å². The smallest absolute Gasteiger partial charge is 0.253 e. The van der Waals surface area contributed by atoms with Gasteiger partial charge in [-0.3, -0.25) is 13.9 Å². The number of hydrogen-bond donors (Lipinski definition) is 1. The number of carbonyl (C=O) groups is 2. The van der Waals surface area contributed by atoms with Crippen LogP contribution >= 0.6 is 11.6 Å². The number of nitrogens with zero attached hydrogens (tertiary/aromatic N) is 2. The van der Waals surface area contributed by atoms with Crippen molar-refractivity contribution in [2.45, 2.75) is 68.6 Å². The minimum atomic E-state index is -3.65. The predicted molar refractivity (Wildman–Crippen MR) is 160 cm³/mol. The van der Waals surface area contributed by atoms with Crippen LogP contribution in [0.4, 0.5) is 5.69 Å². The van der Waals surface area contributed by atoms with Gasteiger partial charge in [0.2, 0.25) is 15.9 Å². The van der Waals surface area contributed by atoms with Crippen molar-refractivity contribution in [2.75, 3.05) is 10.8 Å². The molecule has 1 saturated heterocycles. The van der Waals surface area contributed by atoms with Gasteiger partial charge >= 0.3 is 0 Å². The average Bonchev–Trinajstić information content (AvgIpc) is 3.86. The van der Waals surface area contributed by atoms with Crippen LogP contribution in [-0.2, 0) is 24.3 Å². The number of rotatable bonds is 12. The van der Waals surface area contributed by atoms with Crippen molar-refractivity contribution in [3.05, 3.63) is 89.5 Å². The Bertz CT molecular complexity index is 1420. The molecule has 0 bridgehead atoms. The van der Waals surface area contributed by atoms with Crippen LogP contribution in [0.15, 0.2) is 78.9 Å². The highest BCUT2D eigenvalue weighted by Gasteiger charge is 2.52. The lowest BCUT2D eigenvalue weighted by atomic mass is 9.88. The zero-order chi connectivity index (χ0) is 29.3. The molecule has 1 aliphatic heterocycles. The first-order valence-electron chi connectivity index (χ1n) is 14.0. The second-order valence-electron chi connectivity index (χ2n) is 11.0. The number of sulfonamides is 1. The highest BCUT2D eigenvalue weighted by molar-refractivity contribution is 7.93. The number of benzene rings is 2. The molecule has 4 atom stereocenters. The molecule has 2 aliphatic carbocycles. The van der Waals surface area contributed by atoms with E-state index in [1.165, 1.54) is 4.31 Å². The zero-order valence-electron chi connectivity index (χ0n) is 23.1. The van der Waals surface area contributed by atoms with Gasteiger partial charge in [0.25, 0.3) is 5.91 Å². The van der Waals surface area contributed by atoms with Crippen LogP contribution in [0.5, 0.6) is 0 Å².